The van der Waals surface area contributed by atoms with Crippen molar-refractivity contribution in [3.8, 4) is 0 Å². The number of anilines is 1. The zero-order chi connectivity index (χ0) is 19.0. The van der Waals surface area contributed by atoms with Gasteiger partial charge in [-0.2, -0.15) is 0 Å². The number of amides is 2. The van der Waals surface area contributed by atoms with E-state index in [0.717, 1.165) is 48.4 Å². The number of likely N-dealkylation sites (tertiary alicyclic amines) is 1. The van der Waals surface area contributed by atoms with Crippen molar-refractivity contribution >= 4 is 28.5 Å². The molecule has 0 radical (unpaired) electrons. The van der Waals surface area contributed by atoms with Gasteiger partial charge in [0.25, 0.3) is 0 Å². The highest BCUT2D eigenvalue weighted by atomic mass is 16.2. The number of aromatic nitrogens is 2. The summed E-state index contributed by atoms with van der Waals surface area (Å²) in [4.78, 5) is 31.7. The van der Waals surface area contributed by atoms with Gasteiger partial charge < -0.3 is 14.8 Å². The first-order valence-electron chi connectivity index (χ1n) is 10.2. The lowest BCUT2D eigenvalue weighted by Gasteiger charge is -2.23. The van der Waals surface area contributed by atoms with Gasteiger partial charge in [0.05, 0.1) is 17.0 Å². The Bertz CT molecular complexity index is 866. The van der Waals surface area contributed by atoms with Crippen molar-refractivity contribution in [2.75, 3.05) is 11.9 Å². The fraction of sp³-hybridized carbons (Fsp3) is 0.571. The Morgan fingerprint density at radius 2 is 2.04 bits per heavy atom. The molecule has 1 unspecified atom stereocenters. The van der Waals surface area contributed by atoms with Crippen LogP contribution in [-0.4, -0.2) is 38.9 Å². The Morgan fingerprint density at radius 1 is 1.26 bits per heavy atom. The van der Waals surface area contributed by atoms with Crippen LogP contribution in [0, 0.1) is 5.92 Å². The van der Waals surface area contributed by atoms with Crippen LogP contribution in [-0.2, 0) is 22.6 Å². The highest BCUT2D eigenvalue weighted by Gasteiger charge is 2.38. The Balaban J connectivity index is 1.47. The second-order valence-electron chi connectivity index (χ2n) is 7.70. The number of carbonyl (C=O) groups is 2. The highest BCUT2D eigenvalue weighted by Crippen LogP contribution is 2.30. The Labute approximate surface area is 159 Å². The lowest BCUT2D eigenvalue weighted by Crippen LogP contribution is -2.35. The van der Waals surface area contributed by atoms with Gasteiger partial charge >= 0.3 is 0 Å². The summed E-state index contributed by atoms with van der Waals surface area (Å²) in [6.45, 7) is 5.65. The van der Waals surface area contributed by atoms with E-state index in [-0.39, 0.29) is 17.7 Å². The van der Waals surface area contributed by atoms with Crippen LogP contribution in [0.5, 0.6) is 0 Å². The molecule has 144 valence electrons. The van der Waals surface area contributed by atoms with Crippen LogP contribution in [0.3, 0.4) is 0 Å². The molecular formula is C21H28N4O2. The predicted molar refractivity (Wildman–Crippen MR) is 105 cm³/mol. The number of nitrogens with one attached hydrogen (secondary N) is 1. The summed E-state index contributed by atoms with van der Waals surface area (Å²) in [5, 5.41) is 3.01. The van der Waals surface area contributed by atoms with Crippen molar-refractivity contribution in [1.82, 2.24) is 14.5 Å². The molecule has 1 N–H and O–H groups in total. The molecule has 1 aromatic heterocycles. The molecule has 4 rings (SSSR count). The number of nitrogens with zero attached hydrogens (tertiary/aromatic N) is 3. The number of hydrogen-bond donors (Lipinski definition) is 1. The molecule has 6 nitrogen and oxygen atoms in total. The lowest BCUT2D eigenvalue weighted by atomic mass is 10.1. The molecular weight excluding hydrogens is 340 g/mol. The summed E-state index contributed by atoms with van der Waals surface area (Å²) in [5.41, 5.74) is 2.75. The number of aryl methyl sites for hydroxylation is 2. The van der Waals surface area contributed by atoms with Gasteiger partial charge in [0, 0.05) is 37.7 Å². The minimum Gasteiger partial charge on any atom is -0.339 e. The Hall–Kier alpha value is -2.37. The maximum atomic E-state index is 12.7. The average molecular weight is 368 g/mol. The second kappa shape index (κ2) is 7.33. The van der Waals surface area contributed by atoms with E-state index in [1.54, 1.807) is 0 Å². The molecule has 2 aromatic rings. The maximum absolute atomic E-state index is 12.7. The summed E-state index contributed by atoms with van der Waals surface area (Å²) in [6, 6.07) is 6.23. The van der Waals surface area contributed by atoms with Crippen LogP contribution in [0.1, 0.15) is 51.8 Å². The number of benzene rings is 1. The molecule has 2 amide bonds. The van der Waals surface area contributed by atoms with Gasteiger partial charge in [-0.3, -0.25) is 9.59 Å². The fourth-order valence-electron chi connectivity index (χ4n) is 4.60. The number of imidazole rings is 1. The fourth-order valence-corrected chi connectivity index (χ4v) is 4.60. The number of hydrogen-bond acceptors (Lipinski definition) is 3. The summed E-state index contributed by atoms with van der Waals surface area (Å²) < 4.78 is 2.20. The molecule has 1 saturated heterocycles. The van der Waals surface area contributed by atoms with E-state index in [4.69, 9.17) is 4.98 Å². The largest absolute Gasteiger partial charge is 0.339 e. The first-order chi connectivity index (χ1) is 13.1. The molecule has 1 aromatic carbocycles. The van der Waals surface area contributed by atoms with E-state index < -0.39 is 0 Å². The van der Waals surface area contributed by atoms with Crippen LogP contribution in [0.2, 0.25) is 0 Å². The van der Waals surface area contributed by atoms with E-state index in [2.05, 4.69) is 23.7 Å². The van der Waals surface area contributed by atoms with Gasteiger partial charge in [-0.05, 0) is 38.0 Å². The molecule has 27 heavy (non-hydrogen) atoms. The minimum absolute atomic E-state index is 0.0613. The van der Waals surface area contributed by atoms with E-state index in [1.807, 2.05) is 23.1 Å². The monoisotopic (exact) mass is 368 g/mol. The number of rotatable bonds is 5. The molecule has 1 atom stereocenters. The molecule has 0 spiro atoms. The van der Waals surface area contributed by atoms with Crippen LogP contribution in [0.25, 0.3) is 11.0 Å². The van der Waals surface area contributed by atoms with Gasteiger partial charge in [0.2, 0.25) is 11.8 Å². The van der Waals surface area contributed by atoms with Crippen molar-refractivity contribution in [3.63, 3.8) is 0 Å². The third-order valence-corrected chi connectivity index (χ3v) is 6.02. The first kappa shape index (κ1) is 18.0. The van der Waals surface area contributed by atoms with Gasteiger partial charge in [0.15, 0.2) is 0 Å². The van der Waals surface area contributed by atoms with Crippen LogP contribution in [0.4, 0.5) is 5.69 Å². The van der Waals surface area contributed by atoms with Crippen LogP contribution in [0.15, 0.2) is 18.2 Å². The van der Waals surface area contributed by atoms with Crippen molar-refractivity contribution in [2.45, 2.75) is 65.0 Å². The van der Waals surface area contributed by atoms with Gasteiger partial charge in [-0.1, -0.05) is 19.8 Å². The minimum atomic E-state index is -0.256. The summed E-state index contributed by atoms with van der Waals surface area (Å²) in [6.07, 6.45) is 5.75. The highest BCUT2D eigenvalue weighted by molar-refractivity contribution is 5.98. The van der Waals surface area contributed by atoms with Gasteiger partial charge in [-0.25, -0.2) is 4.98 Å². The Kier molecular flexibility index (Phi) is 4.89. The molecule has 1 aliphatic carbocycles. The van der Waals surface area contributed by atoms with E-state index in [0.29, 0.717) is 19.0 Å². The SMILES string of the molecule is CCc1nc2cc(NC(=O)C3CC(=O)N(C4CCCC4)C3)ccc2n1CC. The first-order valence-corrected chi connectivity index (χ1v) is 10.2. The zero-order valence-electron chi connectivity index (χ0n) is 16.2. The summed E-state index contributed by atoms with van der Waals surface area (Å²) in [7, 11) is 0. The lowest BCUT2D eigenvalue weighted by molar-refractivity contribution is -0.129. The molecule has 0 bridgehead atoms. The molecule has 1 aliphatic heterocycles. The third kappa shape index (κ3) is 3.33. The second-order valence-corrected chi connectivity index (χ2v) is 7.70. The Morgan fingerprint density at radius 3 is 2.74 bits per heavy atom. The average Bonchev–Trinajstić information content (AvgIpc) is 3.38. The van der Waals surface area contributed by atoms with Gasteiger partial charge in [-0.15, -0.1) is 0 Å². The van der Waals surface area contributed by atoms with Crippen molar-refractivity contribution in [2.24, 2.45) is 5.92 Å². The maximum Gasteiger partial charge on any atom is 0.229 e. The third-order valence-electron chi connectivity index (χ3n) is 6.02. The van der Waals surface area contributed by atoms with E-state index in [1.165, 1.54) is 12.8 Å². The molecule has 2 fully saturated rings. The smallest absolute Gasteiger partial charge is 0.229 e. The predicted octanol–water partition coefficient (Wildman–Crippen LogP) is 3.35. The van der Waals surface area contributed by atoms with E-state index in [9.17, 15) is 9.59 Å². The topological polar surface area (TPSA) is 67.2 Å². The standard InChI is InChI=1S/C21H28N4O2/c1-3-19-23-17-12-15(9-10-18(17)24(19)4-2)22-21(27)14-11-20(26)25(13-14)16-7-5-6-8-16/h9-10,12,14,16H,3-8,11,13H2,1-2H3,(H,22,27). The quantitative estimate of drug-likeness (QED) is 0.880. The molecule has 6 heteroatoms. The van der Waals surface area contributed by atoms with Gasteiger partial charge in [0.1, 0.15) is 5.82 Å². The van der Waals surface area contributed by atoms with Crippen LogP contribution < -0.4 is 5.32 Å². The molecule has 2 heterocycles. The van der Waals surface area contributed by atoms with E-state index >= 15 is 0 Å². The van der Waals surface area contributed by atoms with Crippen LogP contribution >= 0.6 is 0 Å². The van der Waals surface area contributed by atoms with Crippen molar-refractivity contribution in [1.29, 1.82) is 0 Å². The number of carbonyl (C=O) groups excluding carboxylic acids is 2. The van der Waals surface area contributed by atoms with Crippen molar-refractivity contribution in [3.05, 3.63) is 24.0 Å². The normalized spacial score (nSPS) is 20.7. The summed E-state index contributed by atoms with van der Waals surface area (Å²) >= 11 is 0. The number of fused-ring (bicyclic) bond motifs is 1. The molecule has 1 saturated carbocycles. The molecule has 2 aliphatic rings. The summed E-state index contributed by atoms with van der Waals surface area (Å²) in [5.74, 6) is 0.874. The van der Waals surface area contributed by atoms with Crippen molar-refractivity contribution < 1.29 is 9.59 Å². The zero-order valence-corrected chi connectivity index (χ0v) is 16.2.